The van der Waals surface area contributed by atoms with Crippen molar-refractivity contribution in [2.45, 2.75) is 6.54 Å². The van der Waals surface area contributed by atoms with Crippen LogP contribution in [0.2, 0.25) is 0 Å². The van der Waals surface area contributed by atoms with E-state index in [-0.39, 0.29) is 11.4 Å². The van der Waals surface area contributed by atoms with Crippen molar-refractivity contribution in [2.75, 3.05) is 18.6 Å². The molecule has 1 aromatic heterocycles. The summed E-state index contributed by atoms with van der Waals surface area (Å²) in [6.07, 6.45) is 6.52. The number of pyridine rings is 1. The number of rotatable bonds is 6. The number of nitrogens with zero attached hydrogens (tertiary/aromatic N) is 1. The van der Waals surface area contributed by atoms with E-state index in [0.717, 1.165) is 6.07 Å². The molecule has 0 amide bonds. The third-order valence-electron chi connectivity index (χ3n) is 2.19. The fraction of sp³-hybridized carbons (Fsp3) is 0.333. The smallest absolute Gasteiger partial charge is 0.352 e. The van der Waals surface area contributed by atoms with Gasteiger partial charge in [0.15, 0.2) is 5.75 Å². The molecular formula is C12H13NO4S. The molecule has 0 fully saturated rings. The van der Waals surface area contributed by atoms with E-state index in [4.69, 9.17) is 16.3 Å². The van der Waals surface area contributed by atoms with Gasteiger partial charge in [0.25, 0.3) is 0 Å². The molecule has 0 aromatic carbocycles. The molecule has 0 bridgehead atoms. The number of terminal acetylenes is 1. The van der Waals surface area contributed by atoms with Crippen molar-refractivity contribution in [1.29, 1.82) is 0 Å². The Hall–Kier alpha value is -1.87. The van der Waals surface area contributed by atoms with Gasteiger partial charge in [0, 0.05) is 18.4 Å². The first-order valence-corrected chi connectivity index (χ1v) is 6.28. The van der Waals surface area contributed by atoms with Crippen LogP contribution in [0.15, 0.2) is 17.1 Å². The number of carbonyl (C=O) groups is 1. The van der Waals surface area contributed by atoms with Crippen LogP contribution in [0, 0.1) is 12.3 Å². The molecule has 96 valence electrons. The van der Waals surface area contributed by atoms with E-state index in [0.29, 0.717) is 18.1 Å². The highest BCUT2D eigenvalue weighted by Gasteiger charge is 2.12. The zero-order chi connectivity index (χ0) is 13.5. The van der Waals surface area contributed by atoms with Gasteiger partial charge in [-0.1, -0.05) is 5.92 Å². The minimum absolute atomic E-state index is 0.0536. The van der Waals surface area contributed by atoms with Gasteiger partial charge in [-0.25, -0.2) is 4.79 Å². The van der Waals surface area contributed by atoms with Crippen LogP contribution >= 0.6 is 11.8 Å². The van der Waals surface area contributed by atoms with Gasteiger partial charge in [-0.3, -0.25) is 4.79 Å². The maximum Gasteiger partial charge on any atom is 0.352 e. The third kappa shape index (κ3) is 3.57. The maximum atomic E-state index is 11.5. The van der Waals surface area contributed by atoms with E-state index < -0.39 is 11.4 Å². The maximum absolute atomic E-state index is 11.5. The fourth-order valence-electron chi connectivity index (χ4n) is 1.37. The molecule has 0 unspecified atom stereocenters. The van der Waals surface area contributed by atoms with Crippen LogP contribution < -0.4 is 10.2 Å². The van der Waals surface area contributed by atoms with Gasteiger partial charge in [0.05, 0.1) is 19.1 Å². The molecule has 1 rings (SSSR count). The Kier molecular flexibility index (Phi) is 5.33. The average molecular weight is 267 g/mol. The number of ether oxygens (including phenoxy) is 1. The minimum atomic E-state index is -1.14. The predicted octanol–water partition coefficient (Wildman–Crippen LogP) is 0.921. The van der Waals surface area contributed by atoms with Crippen LogP contribution in [-0.2, 0) is 6.54 Å². The zero-order valence-corrected chi connectivity index (χ0v) is 10.7. The summed E-state index contributed by atoms with van der Waals surface area (Å²) in [5, 5.41) is 9.02. The van der Waals surface area contributed by atoms with E-state index in [1.807, 2.05) is 0 Å². The lowest BCUT2D eigenvalue weighted by Crippen LogP contribution is -2.18. The SMILES string of the molecule is C#CCSCCn1cc(OC)c(=O)cc1C(=O)O. The van der Waals surface area contributed by atoms with Gasteiger partial charge >= 0.3 is 5.97 Å². The molecule has 5 nitrogen and oxygen atoms in total. The van der Waals surface area contributed by atoms with Crippen molar-refractivity contribution in [2.24, 2.45) is 0 Å². The number of aromatic nitrogens is 1. The van der Waals surface area contributed by atoms with Gasteiger partial charge in [-0.05, 0) is 0 Å². The molecule has 0 aliphatic rings. The Bertz CT molecular complexity index is 530. The van der Waals surface area contributed by atoms with Gasteiger partial charge in [-0.2, -0.15) is 0 Å². The first-order valence-electron chi connectivity index (χ1n) is 5.13. The number of hydrogen-bond acceptors (Lipinski definition) is 4. The summed E-state index contributed by atoms with van der Waals surface area (Å²) >= 11 is 1.52. The lowest BCUT2D eigenvalue weighted by Gasteiger charge is -2.11. The Morgan fingerprint density at radius 3 is 2.94 bits per heavy atom. The standard InChI is InChI=1S/C12H13NO4S/c1-3-5-18-6-4-13-8-11(17-2)10(14)7-9(13)12(15)16/h1,7-8H,4-6H2,2H3,(H,15,16). The van der Waals surface area contributed by atoms with Gasteiger partial charge < -0.3 is 14.4 Å². The van der Waals surface area contributed by atoms with Crippen molar-refractivity contribution in [3.63, 3.8) is 0 Å². The number of aryl methyl sites for hydroxylation is 1. The van der Waals surface area contributed by atoms with Crippen molar-refractivity contribution in [3.8, 4) is 18.1 Å². The third-order valence-corrected chi connectivity index (χ3v) is 3.04. The number of carboxylic acids is 1. The Morgan fingerprint density at radius 2 is 2.39 bits per heavy atom. The monoisotopic (exact) mass is 267 g/mol. The van der Waals surface area contributed by atoms with E-state index in [2.05, 4.69) is 5.92 Å². The fourth-order valence-corrected chi connectivity index (χ4v) is 1.96. The topological polar surface area (TPSA) is 68.5 Å². The zero-order valence-electron chi connectivity index (χ0n) is 9.88. The van der Waals surface area contributed by atoms with Crippen molar-refractivity contribution in [1.82, 2.24) is 4.57 Å². The molecule has 0 aliphatic carbocycles. The number of aromatic carboxylic acids is 1. The van der Waals surface area contributed by atoms with E-state index >= 15 is 0 Å². The molecule has 18 heavy (non-hydrogen) atoms. The van der Waals surface area contributed by atoms with Crippen LogP contribution in [-0.4, -0.2) is 34.3 Å². The van der Waals surface area contributed by atoms with Crippen LogP contribution in [0.1, 0.15) is 10.5 Å². The number of carboxylic acid groups (broad SMARTS) is 1. The number of methoxy groups -OCH3 is 1. The second-order valence-electron chi connectivity index (χ2n) is 3.35. The summed E-state index contributed by atoms with van der Waals surface area (Å²) < 4.78 is 6.36. The number of hydrogen-bond donors (Lipinski definition) is 1. The summed E-state index contributed by atoms with van der Waals surface area (Å²) in [6, 6.07) is 1.06. The number of thioether (sulfide) groups is 1. The molecule has 1 aromatic rings. The normalized spacial score (nSPS) is 9.78. The molecular weight excluding hydrogens is 254 g/mol. The van der Waals surface area contributed by atoms with Crippen molar-refractivity contribution < 1.29 is 14.6 Å². The second-order valence-corrected chi connectivity index (χ2v) is 4.45. The van der Waals surface area contributed by atoms with Crippen LogP contribution in [0.5, 0.6) is 5.75 Å². The lowest BCUT2D eigenvalue weighted by atomic mass is 10.3. The van der Waals surface area contributed by atoms with Gasteiger partial charge in [0.2, 0.25) is 5.43 Å². The highest BCUT2D eigenvalue weighted by atomic mass is 32.2. The molecule has 1 N–H and O–H groups in total. The van der Waals surface area contributed by atoms with E-state index in [1.54, 1.807) is 0 Å². The van der Waals surface area contributed by atoms with Crippen LogP contribution in [0.25, 0.3) is 0 Å². The first-order chi connectivity index (χ1) is 8.60. The highest BCUT2D eigenvalue weighted by Crippen LogP contribution is 2.09. The summed E-state index contributed by atoms with van der Waals surface area (Å²) in [6.45, 7) is 0.449. The molecule has 0 spiro atoms. The molecule has 6 heteroatoms. The first kappa shape index (κ1) is 14.2. The summed E-state index contributed by atoms with van der Waals surface area (Å²) in [5.41, 5.74) is -0.496. The van der Waals surface area contributed by atoms with Crippen LogP contribution in [0.3, 0.4) is 0 Å². The minimum Gasteiger partial charge on any atom is -0.491 e. The lowest BCUT2D eigenvalue weighted by molar-refractivity contribution is 0.0684. The highest BCUT2D eigenvalue weighted by molar-refractivity contribution is 7.99. The largest absolute Gasteiger partial charge is 0.491 e. The Balaban J connectivity index is 2.96. The summed E-state index contributed by atoms with van der Waals surface area (Å²) in [5.74, 6) is 2.70. The molecule has 0 saturated heterocycles. The van der Waals surface area contributed by atoms with Crippen LogP contribution in [0.4, 0.5) is 0 Å². The molecule has 1 heterocycles. The molecule has 0 aliphatic heterocycles. The van der Waals surface area contributed by atoms with Crippen molar-refractivity contribution >= 4 is 17.7 Å². The molecule has 0 radical (unpaired) electrons. The Labute approximate surface area is 109 Å². The molecule has 0 saturated carbocycles. The van der Waals surface area contributed by atoms with Gasteiger partial charge in [0.1, 0.15) is 5.69 Å². The quantitative estimate of drug-likeness (QED) is 0.613. The van der Waals surface area contributed by atoms with Gasteiger partial charge in [-0.15, -0.1) is 18.2 Å². The van der Waals surface area contributed by atoms with Crippen molar-refractivity contribution in [3.05, 3.63) is 28.2 Å². The average Bonchev–Trinajstić information content (AvgIpc) is 2.35. The predicted molar refractivity (Wildman–Crippen MR) is 70.4 cm³/mol. The summed E-state index contributed by atoms with van der Waals surface area (Å²) in [4.78, 5) is 22.5. The van der Waals surface area contributed by atoms with E-state index in [9.17, 15) is 9.59 Å². The molecule has 0 atom stereocenters. The summed E-state index contributed by atoms with van der Waals surface area (Å²) in [7, 11) is 1.37. The van der Waals surface area contributed by atoms with E-state index in [1.165, 1.54) is 29.6 Å². The second kappa shape index (κ2) is 6.77. The Morgan fingerprint density at radius 1 is 1.67 bits per heavy atom.